The van der Waals surface area contributed by atoms with Crippen molar-refractivity contribution in [2.45, 2.75) is 19.3 Å². The van der Waals surface area contributed by atoms with Crippen LogP contribution in [-0.2, 0) is 4.79 Å². The van der Waals surface area contributed by atoms with Crippen molar-refractivity contribution in [3.05, 3.63) is 24.3 Å². The highest BCUT2D eigenvalue weighted by Crippen LogP contribution is 2.70. The molecule has 2 aliphatic rings. The Kier molecular flexibility index (Phi) is 1.61. The second-order valence-electron chi connectivity index (χ2n) is 4.70. The van der Waals surface area contributed by atoms with Gasteiger partial charge in [-0.1, -0.05) is 12.1 Å². The SMILES string of the molecule is Nc1ccccc1NC(=O)C1CC12CC2. The normalized spacial score (nSPS) is 24.9. The van der Waals surface area contributed by atoms with E-state index >= 15 is 0 Å². The van der Waals surface area contributed by atoms with Crippen molar-refractivity contribution < 1.29 is 4.79 Å². The molecule has 1 aromatic carbocycles. The summed E-state index contributed by atoms with van der Waals surface area (Å²) >= 11 is 0. The molecule has 2 fully saturated rings. The number of rotatable bonds is 2. The molecule has 1 amide bonds. The topological polar surface area (TPSA) is 55.1 Å². The van der Waals surface area contributed by atoms with Crippen molar-refractivity contribution >= 4 is 17.3 Å². The second kappa shape index (κ2) is 2.75. The fourth-order valence-corrected chi connectivity index (χ4v) is 2.26. The summed E-state index contributed by atoms with van der Waals surface area (Å²) in [4.78, 5) is 11.8. The van der Waals surface area contributed by atoms with Crippen molar-refractivity contribution in [2.24, 2.45) is 11.3 Å². The zero-order chi connectivity index (χ0) is 10.5. The van der Waals surface area contributed by atoms with E-state index in [0.717, 1.165) is 12.1 Å². The number of hydrogen-bond donors (Lipinski definition) is 2. The summed E-state index contributed by atoms with van der Waals surface area (Å²) in [5, 5.41) is 2.90. The van der Waals surface area contributed by atoms with Crippen LogP contribution in [0.5, 0.6) is 0 Å². The third kappa shape index (κ3) is 1.39. The summed E-state index contributed by atoms with van der Waals surface area (Å²) in [6.07, 6.45) is 3.54. The van der Waals surface area contributed by atoms with Gasteiger partial charge in [0, 0.05) is 5.92 Å². The Hall–Kier alpha value is -1.51. The quantitative estimate of drug-likeness (QED) is 0.721. The van der Waals surface area contributed by atoms with Crippen LogP contribution in [-0.4, -0.2) is 5.91 Å². The van der Waals surface area contributed by atoms with Crippen molar-refractivity contribution in [1.29, 1.82) is 0 Å². The summed E-state index contributed by atoms with van der Waals surface area (Å²) in [6.45, 7) is 0. The van der Waals surface area contributed by atoms with Crippen LogP contribution in [0.25, 0.3) is 0 Å². The van der Waals surface area contributed by atoms with Gasteiger partial charge in [0.25, 0.3) is 0 Å². The smallest absolute Gasteiger partial charge is 0.228 e. The number of nitrogens with one attached hydrogen (secondary N) is 1. The van der Waals surface area contributed by atoms with Gasteiger partial charge in [0.2, 0.25) is 5.91 Å². The molecular weight excluding hydrogens is 188 g/mol. The summed E-state index contributed by atoms with van der Waals surface area (Å²) in [6, 6.07) is 7.39. The number of nitrogens with two attached hydrogens (primary N) is 1. The van der Waals surface area contributed by atoms with Gasteiger partial charge in [-0.2, -0.15) is 0 Å². The monoisotopic (exact) mass is 202 g/mol. The average Bonchev–Trinajstić information content (AvgIpc) is 3.12. The van der Waals surface area contributed by atoms with E-state index in [0.29, 0.717) is 11.1 Å². The summed E-state index contributed by atoms with van der Waals surface area (Å²) in [5.74, 6) is 0.391. The van der Waals surface area contributed by atoms with Crippen LogP contribution in [0.3, 0.4) is 0 Å². The Morgan fingerprint density at radius 2 is 2.13 bits per heavy atom. The molecule has 1 spiro atoms. The molecule has 1 atom stereocenters. The lowest BCUT2D eigenvalue weighted by Crippen LogP contribution is -2.15. The molecule has 0 radical (unpaired) electrons. The third-order valence-corrected chi connectivity index (χ3v) is 3.62. The van der Waals surface area contributed by atoms with E-state index in [4.69, 9.17) is 5.73 Å². The van der Waals surface area contributed by atoms with E-state index in [1.165, 1.54) is 12.8 Å². The van der Waals surface area contributed by atoms with Crippen molar-refractivity contribution in [3.8, 4) is 0 Å². The van der Waals surface area contributed by atoms with Gasteiger partial charge < -0.3 is 11.1 Å². The van der Waals surface area contributed by atoms with E-state index in [9.17, 15) is 4.79 Å². The second-order valence-corrected chi connectivity index (χ2v) is 4.70. The standard InChI is InChI=1S/C12H14N2O/c13-9-3-1-2-4-10(9)14-11(15)8-7-12(8)5-6-12/h1-4,8H,5-7,13H2,(H,14,15). The Labute approximate surface area is 88.7 Å². The van der Waals surface area contributed by atoms with Crippen LogP contribution in [0.4, 0.5) is 11.4 Å². The van der Waals surface area contributed by atoms with Gasteiger partial charge in [0.05, 0.1) is 11.4 Å². The minimum atomic E-state index is 0.144. The van der Waals surface area contributed by atoms with E-state index in [-0.39, 0.29) is 11.8 Å². The largest absolute Gasteiger partial charge is 0.397 e. The molecule has 1 aromatic rings. The van der Waals surface area contributed by atoms with Crippen molar-refractivity contribution in [1.82, 2.24) is 0 Å². The Bertz CT molecular complexity index is 423. The third-order valence-electron chi connectivity index (χ3n) is 3.62. The van der Waals surface area contributed by atoms with Crippen molar-refractivity contribution in [3.63, 3.8) is 0 Å². The number of benzene rings is 1. The van der Waals surface area contributed by atoms with Gasteiger partial charge in [-0.3, -0.25) is 4.79 Å². The van der Waals surface area contributed by atoms with Gasteiger partial charge in [-0.05, 0) is 36.8 Å². The maximum Gasteiger partial charge on any atom is 0.228 e. The van der Waals surface area contributed by atoms with Crippen LogP contribution < -0.4 is 11.1 Å². The molecule has 2 aliphatic carbocycles. The number of carbonyl (C=O) groups is 1. The number of anilines is 2. The Morgan fingerprint density at radius 3 is 2.73 bits per heavy atom. The lowest BCUT2D eigenvalue weighted by molar-refractivity contribution is -0.117. The molecule has 0 heterocycles. The van der Waals surface area contributed by atoms with Crippen LogP contribution >= 0.6 is 0 Å². The zero-order valence-electron chi connectivity index (χ0n) is 8.49. The summed E-state index contributed by atoms with van der Waals surface area (Å²) in [7, 11) is 0. The predicted octanol–water partition coefficient (Wildman–Crippen LogP) is 2.01. The van der Waals surface area contributed by atoms with Crippen LogP contribution in [0, 0.1) is 11.3 Å². The molecule has 3 N–H and O–H groups in total. The minimum Gasteiger partial charge on any atom is -0.397 e. The van der Waals surface area contributed by atoms with Crippen molar-refractivity contribution in [2.75, 3.05) is 11.1 Å². The van der Waals surface area contributed by atoms with Gasteiger partial charge in [0.1, 0.15) is 0 Å². The molecule has 78 valence electrons. The first-order valence-corrected chi connectivity index (χ1v) is 5.37. The maximum absolute atomic E-state index is 11.8. The first kappa shape index (κ1) is 8.77. The number of para-hydroxylation sites is 2. The number of carbonyl (C=O) groups excluding carboxylic acids is 1. The van der Waals surface area contributed by atoms with Crippen LogP contribution in [0.1, 0.15) is 19.3 Å². The Morgan fingerprint density at radius 1 is 1.40 bits per heavy atom. The molecule has 0 saturated heterocycles. The molecule has 0 aromatic heterocycles. The number of hydrogen-bond acceptors (Lipinski definition) is 2. The Balaban J connectivity index is 1.70. The fraction of sp³-hybridized carbons (Fsp3) is 0.417. The van der Waals surface area contributed by atoms with Crippen LogP contribution in [0.15, 0.2) is 24.3 Å². The van der Waals surface area contributed by atoms with Gasteiger partial charge in [-0.25, -0.2) is 0 Å². The van der Waals surface area contributed by atoms with Gasteiger partial charge >= 0.3 is 0 Å². The maximum atomic E-state index is 11.8. The lowest BCUT2D eigenvalue weighted by atomic mass is 10.2. The molecule has 1 unspecified atom stereocenters. The zero-order valence-corrected chi connectivity index (χ0v) is 8.49. The molecule has 3 heteroatoms. The van der Waals surface area contributed by atoms with E-state index < -0.39 is 0 Å². The highest BCUT2D eigenvalue weighted by molar-refractivity contribution is 5.97. The summed E-state index contributed by atoms with van der Waals surface area (Å²) in [5.41, 5.74) is 7.54. The van der Waals surface area contributed by atoms with E-state index in [1.807, 2.05) is 18.2 Å². The highest BCUT2D eigenvalue weighted by atomic mass is 16.2. The van der Waals surface area contributed by atoms with Gasteiger partial charge in [-0.15, -0.1) is 0 Å². The average molecular weight is 202 g/mol. The predicted molar refractivity (Wildman–Crippen MR) is 59.3 cm³/mol. The molecule has 2 saturated carbocycles. The molecule has 0 aliphatic heterocycles. The fourth-order valence-electron chi connectivity index (χ4n) is 2.26. The molecule has 3 rings (SSSR count). The minimum absolute atomic E-state index is 0.144. The van der Waals surface area contributed by atoms with Gasteiger partial charge in [0.15, 0.2) is 0 Å². The number of nitrogen functional groups attached to an aromatic ring is 1. The first-order valence-electron chi connectivity index (χ1n) is 5.37. The molecule has 0 bridgehead atoms. The number of amides is 1. The van der Waals surface area contributed by atoms with Crippen LogP contribution in [0.2, 0.25) is 0 Å². The van der Waals surface area contributed by atoms with E-state index in [1.54, 1.807) is 6.07 Å². The highest BCUT2D eigenvalue weighted by Gasteiger charge is 2.65. The lowest BCUT2D eigenvalue weighted by Gasteiger charge is -2.06. The molecular formula is C12H14N2O. The van der Waals surface area contributed by atoms with E-state index in [2.05, 4.69) is 5.32 Å². The summed E-state index contributed by atoms with van der Waals surface area (Å²) < 4.78 is 0. The molecule has 15 heavy (non-hydrogen) atoms. The first-order chi connectivity index (χ1) is 7.21. The molecule has 3 nitrogen and oxygen atoms in total.